The standard InChI is InChI=1S/C24H24N4O3S/c29-24(28-16-14-27(15-17-28)20-6-2-1-3-7-20)19-12-10-18(11-13-19)23-25-21-8-4-5-9-22(21)32(30,31)26-23/h1-13,23,25-26H,14-17H2/t23-/m0/s1. The highest BCUT2D eigenvalue weighted by Gasteiger charge is 2.30. The van der Waals surface area contributed by atoms with Gasteiger partial charge < -0.3 is 15.1 Å². The molecule has 3 aromatic carbocycles. The highest BCUT2D eigenvalue weighted by molar-refractivity contribution is 7.89. The molecule has 32 heavy (non-hydrogen) atoms. The number of hydrogen-bond acceptors (Lipinski definition) is 5. The fourth-order valence-corrected chi connectivity index (χ4v) is 5.49. The van der Waals surface area contributed by atoms with Crippen LogP contribution in [0.1, 0.15) is 22.1 Å². The molecule has 2 aliphatic heterocycles. The Hall–Kier alpha value is -3.36. The van der Waals surface area contributed by atoms with Gasteiger partial charge >= 0.3 is 0 Å². The van der Waals surface area contributed by atoms with Crippen LogP contribution in [-0.4, -0.2) is 45.4 Å². The van der Waals surface area contributed by atoms with E-state index in [1.807, 2.05) is 23.1 Å². The Morgan fingerprint density at radius 2 is 1.47 bits per heavy atom. The van der Waals surface area contributed by atoms with Crippen molar-refractivity contribution in [1.82, 2.24) is 9.62 Å². The van der Waals surface area contributed by atoms with Crippen LogP contribution in [0.4, 0.5) is 11.4 Å². The van der Waals surface area contributed by atoms with Gasteiger partial charge in [-0.1, -0.05) is 42.5 Å². The molecule has 1 atom stereocenters. The van der Waals surface area contributed by atoms with E-state index in [-0.39, 0.29) is 10.8 Å². The highest BCUT2D eigenvalue weighted by atomic mass is 32.2. The molecule has 164 valence electrons. The molecule has 0 unspecified atom stereocenters. The Kier molecular flexibility index (Phi) is 5.32. The maximum absolute atomic E-state index is 13.0. The van der Waals surface area contributed by atoms with Crippen LogP contribution in [0, 0.1) is 0 Å². The van der Waals surface area contributed by atoms with Crippen LogP contribution >= 0.6 is 0 Å². The zero-order valence-electron chi connectivity index (χ0n) is 17.4. The van der Waals surface area contributed by atoms with Crippen molar-refractivity contribution in [2.45, 2.75) is 11.1 Å². The molecule has 5 rings (SSSR count). The van der Waals surface area contributed by atoms with Gasteiger partial charge in [0.05, 0.1) is 5.69 Å². The number of fused-ring (bicyclic) bond motifs is 1. The van der Waals surface area contributed by atoms with Crippen molar-refractivity contribution in [2.24, 2.45) is 0 Å². The lowest BCUT2D eigenvalue weighted by Gasteiger charge is -2.36. The monoisotopic (exact) mass is 448 g/mol. The molecular formula is C24H24N4O3S. The van der Waals surface area contributed by atoms with E-state index in [1.165, 1.54) is 5.69 Å². The molecule has 0 spiro atoms. The lowest BCUT2D eigenvalue weighted by Crippen LogP contribution is -2.48. The molecule has 0 bridgehead atoms. The van der Waals surface area contributed by atoms with E-state index >= 15 is 0 Å². The van der Waals surface area contributed by atoms with Gasteiger partial charge in [0.1, 0.15) is 11.1 Å². The molecule has 8 heteroatoms. The molecule has 0 radical (unpaired) electrons. The van der Waals surface area contributed by atoms with Crippen LogP contribution in [0.3, 0.4) is 0 Å². The van der Waals surface area contributed by atoms with Gasteiger partial charge in [-0.25, -0.2) is 8.42 Å². The van der Waals surface area contributed by atoms with Gasteiger partial charge in [-0.15, -0.1) is 0 Å². The zero-order chi connectivity index (χ0) is 22.1. The van der Waals surface area contributed by atoms with Crippen LogP contribution in [0.25, 0.3) is 0 Å². The molecule has 2 N–H and O–H groups in total. The SMILES string of the molecule is O=C(c1ccc([C@H]2Nc3ccccc3S(=O)(=O)N2)cc1)N1CCN(c2ccccc2)CC1. The van der Waals surface area contributed by atoms with Crippen molar-refractivity contribution >= 4 is 27.3 Å². The first-order chi connectivity index (χ1) is 15.5. The van der Waals surface area contributed by atoms with Crippen molar-refractivity contribution in [2.75, 3.05) is 36.4 Å². The summed E-state index contributed by atoms with van der Waals surface area (Å²) in [6.07, 6.45) is -0.589. The number of piperazine rings is 1. The van der Waals surface area contributed by atoms with Crippen molar-refractivity contribution in [3.8, 4) is 0 Å². The Labute approximate surface area is 187 Å². The minimum absolute atomic E-state index is 0.00760. The Balaban J connectivity index is 1.26. The summed E-state index contributed by atoms with van der Waals surface area (Å²) >= 11 is 0. The summed E-state index contributed by atoms with van der Waals surface area (Å²) in [5, 5.41) is 3.21. The second-order valence-electron chi connectivity index (χ2n) is 7.93. The van der Waals surface area contributed by atoms with Gasteiger partial charge in [-0.2, -0.15) is 4.72 Å². The normalized spacial score (nSPS) is 19.7. The van der Waals surface area contributed by atoms with E-state index in [0.29, 0.717) is 24.3 Å². The number of amides is 1. The minimum Gasteiger partial charge on any atom is -0.368 e. The van der Waals surface area contributed by atoms with Gasteiger partial charge in [-0.3, -0.25) is 4.79 Å². The zero-order valence-corrected chi connectivity index (χ0v) is 18.3. The Bertz CT molecular complexity index is 1220. The number of benzene rings is 3. The molecule has 3 aromatic rings. The van der Waals surface area contributed by atoms with Gasteiger partial charge in [0.15, 0.2) is 0 Å². The molecule has 2 heterocycles. The van der Waals surface area contributed by atoms with Gasteiger partial charge in [0, 0.05) is 37.4 Å². The van der Waals surface area contributed by atoms with Gasteiger partial charge in [0.25, 0.3) is 5.91 Å². The predicted molar refractivity (Wildman–Crippen MR) is 124 cm³/mol. The van der Waals surface area contributed by atoms with Crippen molar-refractivity contribution in [3.05, 3.63) is 90.0 Å². The average Bonchev–Trinajstić information content (AvgIpc) is 2.84. The number of carbonyl (C=O) groups is 1. The third kappa shape index (κ3) is 3.94. The lowest BCUT2D eigenvalue weighted by molar-refractivity contribution is 0.0746. The number of carbonyl (C=O) groups excluding carboxylic acids is 1. The van der Waals surface area contributed by atoms with Crippen molar-refractivity contribution in [1.29, 1.82) is 0 Å². The summed E-state index contributed by atoms with van der Waals surface area (Å²) in [5.41, 5.74) is 3.08. The molecule has 7 nitrogen and oxygen atoms in total. The molecule has 1 saturated heterocycles. The van der Waals surface area contributed by atoms with E-state index in [0.717, 1.165) is 18.7 Å². The topological polar surface area (TPSA) is 81.7 Å². The Morgan fingerprint density at radius 3 is 2.19 bits per heavy atom. The molecular weight excluding hydrogens is 424 g/mol. The van der Waals surface area contributed by atoms with Gasteiger partial charge in [-0.05, 0) is 42.0 Å². The minimum atomic E-state index is -3.60. The first-order valence-electron chi connectivity index (χ1n) is 10.6. The molecule has 2 aliphatic rings. The number of sulfonamides is 1. The lowest BCUT2D eigenvalue weighted by atomic mass is 10.1. The van der Waals surface area contributed by atoms with E-state index < -0.39 is 16.2 Å². The number of nitrogens with one attached hydrogen (secondary N) is 2. The largest absolute Gasteiger partial charge is 0.368 e. The van der Waals surface area contributed by atoms with E-state index in [9.17, 15) is 13.2 Å². The van der Waals surface area contributed by atoms with Crippen molar-refractivity contribution in [3.63, 3.8) is 0 Å². The first-order valence-corrected chi connectivity index (χ1v) is 12.1. The summed E-state index contributed by atoms with van der Waals surface area (Å²) in [4.78, 5) is 17.4. The fourth-order valence-electron chi connectivity index (χ4n) is 4.18. The van der Waals surface area contributed by atoms with Crippen molar-refractivity contribution < 1.29 is 13.2 Å². The summed E-state index contributed by atoms with van der Waals surface area (Å²) in [6.45, 7) is 2.91. The number of rotatable bonds is 3. The number of nitrogens with zero attached hydrogens (tertiary/aromatic N) is 2. The Morgan fingerprint density at radius 1 is 0.812 bits per heavy atom. The predicted octanol–water partition coefficient (Wildman–Crippen LogP) is 3.05. The fraction of sp³-hybridized carbons (Fsp3) is 0.208. The number of para-hydroxylation sites is 2. The first kappa shape index (κ1) is 20.5. The quantitative estimate of drug-likeness (QED) is 0.644. The second-order valence-corrected chi connectivity index (χ2v) is 9.61. The van der Waals surface area contributed by atoms with E-state index in [1.54, 1.807) is 48.5 Å². The number of hydrogen-bond donors (Lipinski definition) is 2. The molecule has 0 saturated carbocycles. The maximum atomic E-state index is 13.0. The van der Waals surface area contributed by atoms with Gasteiger partial charge in [0.2, 0.25) is 10.0 Å². The third-order valence-corrected chi connectivity index (χ3v) is 7.41. The summed E-state index contributed by atoms with van der Waals surface area (Å²) < 4.78 is 27.8. The van der Waals surface area contributed by atoms with Crippen LogP contribution in [-0.2, 0) is 10.0 Å². The van der Waals surface area contributed by atoms with E-state index in [4.69, 9.17) is 0 Å². The van der Waals surface area contributed by atoms with Crippen LogP contribution in [0.5, 0.6) is 0 Å². The molecule has 0 aliphatic carbocycles. The molecule has 0 aromatic heterocycles. The van der Waals surface area contributed by atoms with Crippen LogP contribution in [0.15, 0.2) is 83.8 Å². The summed E-state index contributed by atoms with van der Waals surface area (Å²) in [5.74, 6) is -0.00760. The van der Waals surface area contributed by atoms with E-state index in [2.05, 4.69) is 27.1 Å². The smallest absolute Gasteiger partial charge is 0.253 e. The second kappa shape index (κ2) is 8.29. The summed E-state index contributed by atoms with van der Waals surface area (Å²) in [6, 6.07) is 24.1. The van der Waals surface area contributed by atoms with Crippen LogP contribution in [0.2, 0.25) is 0 Å². The number of anilines is 2. The highest BCUT2D eigenvalue weighted by Crippen LogP contribution is 2.31. The summed E-state index contributed by atoms with van der Waals surface area (Å²) in [7, 11) is -3.60. The average molecular weight is 449 g/mol. The van der Waals surface area contributed by atoms with Crippen LogP contribution < -0.4 is 14.9 Å². The third-order valence-electron chi connectivity index (χ3n) is 5.93. The molecule has 1 amide bonds. The maximum Gasteiger partial charge on any atom is 0.253 e. The molecule has 1 fully saturated rings.